The van der Waals surface area contributed by atoms with Crippen molar-refractivity contribution in [2.24, 2.45) is 5.14 Å². The number of anilines is 1. The summed E-state index contributed by atoms with van der Waals surface area (Å²) >= 11 is 0. The summed E-state index contributed by atoms with van der Waals surface area (Å²) in [5.41, 5.74) is 1.07. The molecule has 0 aliphatic heterocycles. The van der Waals surface area contributed by atoms with Crippen molar-refractivity contribution in [1.82, 2.24) is 0 Å². The Morgan fingerprint density at radius 3 is 2.50 bits per heavy atom. The first kappa shape index (κ1) is 21.2. The van der Waals surface area contributed by atoms with Crippen LogP contribution in [0.4, 0.5) is 5.69 Å². The summed E-state index contributed by atoms with van der Waals surface area (Å²) in [5, 5.41) is 9.61. The molecule has 3 N–H and O–H groups in total. The number of ether oxygens (including phenoxy) is 1. The molecule has 1 unspecified atom stereocenters. The topological polar surface area (TPSA) is 116 Å². The van der Waals surface area contributed by atoms with Crippen molar-refractivity contribution in [1.29, 1.82) is 0 Å². The second-order valence-corrected chi connectivity index (χ2v) is 8.10. The fourth-order valence-electron chi connectivity index (χ4n) is 2.82. The molecule has 7 nitrogen and oxygen atoms in total. The minimum atomic E-state index is -3.90. The molecule has 0 bridgehead atoms. The number of esters is 1. The maximum atomic E-state index is 12.3. The van der Waals surface area contributed by atoms with E-state index in [1.165, 1.54) is 37.3 Å². The molecule has 1 atom stereocenters. The largest absolute Gasteiger partial charge is 0.449 e. The van der Waals surface area contributed by atoms with E-state index in [2.05, 4.69) is 5.32 Å². The molecule has 3 aromatic rings. The molecular weight excluding hydrogens is 404 g/mol. The highest BCUT2D eigenvalue weighted by Gasteiger charge is 2.17. The number of sulfonamides is 1. The quantitative estimate of drug-likeness (QED) is 0.466. The standard InChI is InChI=1S/C22H20N2O5S/c1-15(22(26)24-18-9-5-10-19(14-18)30(23,27)28)29-21(25)13-12-17-8-4-7-16-6-2-3-11-20(16)17/h2-15H,1H3,(H,24,26)(H2,23,27,28). The van der Waals surface area contributed by atoms with Gasteiger partial charge in [-0.1, -0.05) is 48.5 Å². The van der Waals surface area contributed by atoms with E-state index in [-0.39, 0.29) is 10.6 Å². The van der Waals surface area contributed by atoms with Gasteiger partial charge >= 0.3 is 5.97 Å². The smallest absolute Gasteiger partial charge is 0.331 e. The zero-order valence-corrected chi connectivity index (χ0v) is 16.9. The van der Waals surface area contributed by atoms with Gasteiger partial charge in [0, 0.05) is 11.8 Å². The van der Waals surface area contributed by atoms with Crippen molar-refractivity contribution in [2.75, 3.05) is 5.32 Å². The van der Waals surface area contributed by atoms with Gasteiger partial charge in [0.1, 0.15) is 0 Å². The number of hydrogen-bond acceptors (Lipinski definition) is 5. The van der Waals surface area contributed by atoms with E-state index in [1.807, 2.05) is 42.5 Å². The second-order valence-electron chi connectivity index (χ2n) is 6.54. The lowest BCUT2D eigenvalue weighted by molar-refractivity contribution is -0.148. The van der Waals surface area contributed by atoms with Gasteiger partial charge in [-0.3, -0.25) is 4.79 Å². The van der Waals surface area contributed by atoms with Gasteiger partial charge in [0.15, 0.2) is 6.10 Å². The molecule has 154 valence electrons. The van der Waals surface area contributed by atoms with Crippen LogP contribution in [0.3, 0.4) is 0 Å². The van der Waals surface area contributed by atoms with Crippen LogP contribution in [-0.4, -0.2) is 26.4 Å². The molecular formula is C22H20N2O5S. The Balaban J connectivity index is 1.64. The molecule has 0 aliphatic carbocycles. The maximum absolute atomic E-state index is 12.3. The molecule has 0 saturated carbocycles. The van der Waals surface area contributed by atoms with E-state index < -0.39 is 28.0 Å². The summed E-state index contributed by atoms with van der Waals surface area (Å²) in [5.74, 6) is -1.28. The van der Waals surface area contributed by atoms with Gasteiger partial charge in [0.05, 0.1) is 4.90 Å². The number of carbonyl (C=O) groups excluding carboxylic acids is 2. The molecule has 1 amide bonds. The van der Waals surface area contributed by atoms with Gasteiger partial charge in [-0.05, 0) is 47.5 Å². The van der Waals surface area contributed by atoms with Gasteiger partial charge in [0.2, 0.25) is 10.0 Å². The van der Waals surface area contributed by atoms with Crippen molar-refractivity contribution in [3.63, 3.8) is 0 Å². The third kappa shape index (κ3) is 5.31. The number of amides is 1. The Morgan fingerprint density at radius 2 is 1.73 bits per heavy atom. The molecule has 0 aliphatic rings. The minimum absolute atomic E-state index is 0.136. The normalized spacial score (nSPS) is 12.6. The van der Waals surface area contributed by atoms with Crippen molar-refractivity contribution < 1.29 is 22.7 Å². The number of fused-ring (bicyclic) bond motifs is 1. The summed E-state index contributed by atoms with van der Waals surface area (Å²) in [4.78, 5) is 24.2. The lowest BCUT2D eigenvalue weighted by Crippen LogP contribution is -2.29. The summed E-state index contributed by atoms with van der Waals surface area (Å²) in [6.45, 7) is 1.42. The molecule has 30 heavy (non-hydrogen) atoms. The van der Waals surface area contributed by atoms with Gasteiger partial charge in [-0.2, -0.15) is 0 Å². The summed E-state index contributed by atoms with van der Waals surface area (Å²) < 4.78 is 28.0. The van der Waals surface area contributed by atoms with E-state index >= 15 is 0 Å². The Morgan fingerprint density at radius 1 is 1.03 bits per heavy atom. The first-order valence-electron chi connectivity index (χ1n) is 9.04. The van der Waals surface area contributed by atoms with Crippen LogP contribution in [0, 0.1) is 0 Å². The molecule has 0 saturated heterocycles. The van der Waals surface area contributed by atoms with Crippen LogP contribution in [0.5, 0.6) is 0 Å². The van der Waals surface area contributed by atoms with Crippen LogP contribution < -0.4 is 10.5 Å². The van der Waals surface area contributed by atoms with Crippen LogP contribution in [0.2, 0.25) is 0 Å². The van der Waals surface area contributed by atoms with E-state index in [4.69, 9.17) is 9.88 Å². The number of nitrogens with one attached hydrogen (secondary N) is 1. The second kappa shape index (κ2) is 8.89. The fraction of sp³-hybridized carbons (Fsp3) is 0.0909. The summed E-state index contributed by atoms with van der Waals surface area (Å²) in [6, 6.07) is 19.0. The van der Waals surface area contributed by atoms with Crippen LogP contribution >= 0.6 is 0 Å². The Kier molecular flexibility index (Phi) is 6.29. The number of carbonyl (C=O) groups is 2. The molecule has 0 aromatic heterocycles. The van der Waals surface area contributed by atoms with Crippen LogP contribution in [-0.2, 0) is 24.3 Å². The van der Waals surface area contributed by atoms with Crippen LogP contribution in [0.15, 0.2) is 77.7 Å². The molecule has 8 heteroatoms. The minimum Gasteiger partial charge on any atom is -0.449 e. The fourth-order valence-corrected chi connectivity index (χ4v) is 3.37. The van der Waals surface area contributed by atoms with Gasteiger partial charge in [-0.25, -0.2) is 18.4 Å². The SMILES string of the molecule is CC(OC(=O)C=Cc1cccc2ccccc12)C(=O)Nc1cccc(S(N)(=O)=O)c1. The molecule has 0 radical (unpaired) electrons. The summed E-state index contributed by atoms with van der Waals surface area (Å²) in [7, 11) is -3.90. The Hall–Kier alpha value is -3.49. The van der Waals surface area contributed by atoms with Crippen LogP contribution in [0.1, 0.15) is 12.5 Å². The summed E-state index contributed by atoms with van der Waals surface area (Å²) in [6.07, 6.45) is 1.80. The number of hydrogen-bond donors (Lipinski definition) is 2. The lowest BCUT2D eigenvalue weighted by atomic mass is 10.0. The van der Waals surface area contributed by atoms with E-state index in [0.29, 0.717) is 0 Å². The molecule has 0 heterocycles. The maximum Gasteiger partial charge on any atom is 0.331 e. The zero-order valence-electron chi connectivity index (χ0n) is 16.1. The third-order valence-corrected chi connectivity index (χ3v) is 5.23. The number of benzene rings is 3. The monoisotopic (exact) mass is 424 g/mol. The van der Waals surface area contributed by atoms with E-state index in [0.717, 1.165) is 16.3 Å². The number of primary sulfonamides is 1. The predicted octanol–water partition coefficient (Wildman–Crippen LogP) is 3.07. The number of nitrogens with two attached hydrogens (primary N) is 1. The van der Waals surface area contributed by atoms with Crippen molar-refractivity contribution >= 4 is 44.4 Å². The van der Waals surface area contributed by atoms with E-state index in [1.54, 1.807) is 6.08 Å². The Labute approximate surface area is 174 Å². The first-order valence-corrected chi connectivity index (χ1v) is 10.6. The van der Waals surface area contributed by atoms with Gasteiger partial charge < -0.3 is 10.1 Å². The van der Waals surface area contributed by atoms with Gasteiger partial charge in [0.25, 0.3) is 5.91 Å². The van der Waals surface area contributed by atoms with Crippen molar-refractivity contribution in [3.8, 4) is 0 Å². The molecule has 0 fully saturated rings. The third-order valence-electron chi connectivity index (χ3n) is 4.31. The highest BCUT2D eigenvalue weighted by atomic mass is 32.2. The van der Waals surface area contributed by atoms with Gasteiger partial charge in [-0.15, -0.1) is 0 Å². The van der Waals surface area contributed by atoms with E-state index in [9.17, 15) is 18.0 Å². The lowest BCUT2D eigenvalue weighted by Gasteiger charge is -2.13. The average Bonchev–Trinajstić information content (AvgIpc) is 2.71. The van der Waals surface area contributed by atoms with Crippen molar-refractivity contribution in [2.45, 2.75) is 17.9 Å². The first-order chi connectivity index (χ1) is 14.2. The molecule has 3 rings (SSSR count). The highest BCUT2D eigenvalue weighted by molar-refractivity contribution is 7.89. The van der Waals surface area contributed by atoms with Crippen LogP contribution in [0.25, 0.3) is 16.8 Å². The van der Waals surface area contributed by atoms with Crippen molar-refractivity contribution in [3.05, 3.63) is 78.4 Å². The molecule has 3 aromatic carbocycles. The number of rotatable bonds is 6. The molecule has 0 spiro atoms. The predicted molar refractivity (Wildman–Crippen MR) is 115 cm³/mol. The zero-order chi connectivity index (χ0) is 21.7. The highest BCUT2D eigenvalue weighted by Crippen LogP contribution is 2.20. The average molecular weight is 424 g/mol. The Bertz CT molecular complexity index is 1230.